The van der Waals surface area contributed by atoms with E-state index in [0.717, 1.165) is 25.1 Å². The van der Waals surface area contributed by atoms with Gasteiger partial charge in [0.1, 0.15) is 0 Å². The summed E-state index contributed by atoms with van der Waals surface area (Å²) in [7, 11) is -1.80. The molecule has 0 aromatic heterocycles. The fourth-order valence-corrected chi connectivity index (χ4v) is 3.30. The molecule has 0 amide bonds. The predicted molar refractivity (Wildman–Crippen MR) is 84.5 cm³/mol. The Morgan fingerprint density at radius 2 is 1.70 bits per heavy atom. The summed E-state index contributed by atoms with van der Waals surface area (Å²) in [4.78, 5) is 0.337. The van der Waals surface area contributed by atoms with E-state index < -0.39 is 15.6 Å². The van der Waals surface area contributed by atoms with Crippen LogP contribution in [-0.2, 0) is 10.0 Å². The summed E-state index contributed by atoms with van der Waals surface area (Å²) in [5.74, 6) is 0. The number of anilines is 1. The Bertz CT molecular complexity index is 521. The Labute approximate surface area is 123 Å². The van der Waals surface area contributed by atoms with Gasteiger partial charge >= 0.3 is 0 Å². The van der Waals surface area contributed by atoms with Crippen LogP contribution in [0.15, 0.2) is 29.2 Å². The molecule has 0 atom stereocenters. The highest BCUT2D eigenvalue weighted by atomic mass is 32.2. The maximum Gasteiger partial charge on any atom is 0.243 e. The second-order valence-electron chi connectivity index (χ2n) is 5.59. The molecule has 4 nitrogen and oxygen atoms in total. The van der Waals surface area contributed by atoms with E-state index in [1.165, 1.54) is 4.31 Å². The molecule has 0 spiro atoms. The molecule has 0 radical (unpaired) electrons. The van der Waals surface area contributed by atoms with Gasteiger partial charge in [0.15, 0.2) is 0 Å². The lowest BCUT2D eigenvalue weighted by Gasteiger charge is -2.33. The largest absolute Gasteiger partial charge is 0.385 e. The van der Waals surface area contributed by atoms with E-state index in [1.54, 1.807) is 19.2 Å². The molecule has 0 saturated carbocycles. The van der Waals surface area contributed by atoms with Crippen molar-refractivity contribution < 1.29 is 8.42 Å². The van der Waals surface area contributed by atoms with Gasteiger partial charge in [-0.25, -0.2) is 8.42 Å². The Morgan fingerprint density at radius 3 is 2.15 bits per heavy atom. The van der Waals surface area contributed by atoms with Gasteiger partial charge in [-0.1, -0.05) is 13.8 Å². The van der Waals surface area contributed by atoms with Crippen molar-refractivity contribution >= 4 is 15.7 Å². The van der Waals surface area contributed by atoms with Crippen LogP contribution in [0.25, 0.3) is 0 Å². The first-order valence-corrected chi connectivity index (χ1v) is 8.52. The van der Waals surface area contributed by atoms with Gasteiger partial charge in [-0.05, 0) is 51.0 Å². The second-order valence-corrected chi connectivity index (χ2v) is 7.56. The van der Waals surface area contributed by atoms with Crippen LogP contribution in [0.4, 0.5) is 5.69 Å². The molecule has 0 aliphatic carbocycles. The summed E-state index contributed by atoms with van der Waals surface area (Å²) in [6.45, 7) is 8.83. The Morgan fingerprint density at radius 1 is 1.15 bits per heavy atom. The van der Waals surface area contributed by atoms with Gasteiger partial charge in [0.05, 0.1) is 4.90 Å². The predicted octanol–water partition coefficient (Wildman–Crippen LogP) is 3.32. The van der Waals surface area contributed by atoms with Crippen molar-refractivity contribution in [2.75, 3.05) is 18.9 Å². The molecule has 1 rings (SSSR count). The number of sulfonamides is 1. The molecular weight excluding hydrogens is 272 g/mol. The van der Waals surface area contributed by atoms with Gasteiger partial charge in [-0.2, -0.15) is 4.31 Å². The van der Waals surface area contributed by atoms with E-state index in [4.69, 9.17) is 0 Å². The van der Waals surface area contributed by atoms with Crippen LogP contribution in [0.3, 0.4) is 0 Å². The third kappa shape index (κ3) is 3.73. The molecule has 0 aliphatic heterocycles. The Hall–Kier alpha value is -1.07. The topological polar surface area (TPSA) is 49.4 Å². The minimum atomic E-state index is -3.44. The first kappa shape index (κ1) is 17.0. The van der Waals surface area contributed by atoms with Crippen molar-refractivity contribution in [1.82, 2.24) is 4.31 Å². The summed E-state index contributed by atoms with van der Waals surface area (Å²) >= 11 is 0. The van der Waals surface area contributed by atoms with Crippen LogP contribution in [0.2, 0.25) is 0 Å². The average Bonchev–Trinajstić information content (AvgIpc) is 2.44. The minimum absolute atomic E-state index is 0.337. The molecule has 1 N–H and O–H groups in total. The lowest BCUT2D eigenvalue weighted by atomic mass is 10.0. The van der Waals surface area contributed by atoms with Crippen LogP contribution in [0.1, 0.15) is 40.5 Å². The maximum absolute atomic E-state index is 12.6. The van der Waals surface area contributed by atoms with E-state index >= 15 is 0 Å². The van der Waals surface area contributed by atoms with Crippen molar-refractivity contribution in [3.05, 3.63) is 24.3 Å². The standard InChI is InChI=1S/C15H26N2O2S/c1-6-12-16-13-8-10-14(11-9-13)20(18,19)17(5)15(3,4)7-2/h8-11,16H,6-7,12H2,1-5H3. The van der Waals surface area contributed by atoms with E-state index in [1.807, 2.05) is 32.9 Å². The molecule has 0 bridgehead atoms. The highest BCUT2D eigenvalue weighted by Gasteiger charge is 2.32. The lowest BCUT2D eigenvalue weighted by Crippen LogP contribution is -2.44. The number of nitrogens with one attached hydrogen (secondary N) is 1. The number of rotatable bonds is 7. The maximum atomic E-state index is 12.6. The smallest absolute Gasteiger partial charge is 0.243 e. The van der Waals surface area contributed by atoms with Crippen LogP contribution < -0.4 is 5.32 Å². The summed E-state index contributed by atoms with van der Waals surface area (Å²) in [6, 6.07) is 6.95. The zero-order chi connectivity index (χ0) is 15.4. The van der Waals surface area contributed by atoms with Crippen molar-refractivity contribution in [3.63, 3.8) is 0 Å². The van der Waals surface area contributed by atoms with Gasteiger partial charge < -0.3 is 5.32 Å². The molecule has 0 saturated heterocycles. The fourth-order valence-electron chi connectivity index (χ4n) is 1.72. The first-order chi connectivity index (χ1) is 9.25. The number of nitrogens with zero attached hydrogens (tertiary/aromatic N) is 1. The lowest BCUT2D eigenvalue weighted by molar-refractivity contribution is 0.257. The minimum Gasteiger partial charge on any atom is -0.385 e. The van der Waals surface area contributed by atoms with Crippen molar-refractivity contribution in [2.45, 2.75) is 51.0 Å². The summed E-state index contributed by atoms with van der Waals surface area (Å²) in [5.41, 5.74) is 0.557. The van der Waals surface area contributed by atoms with E-state index in [0.29, 0.717) is 4.90 Å². The van der Waals surface area contributed by atoms with Gasteiger partial charge in [0.2, 0.25) is 10.0 Å². The average molecular weight is 298 g/mol. The molecule has 20 heavy (non-hydrogen) atoms. The van der Waals surface area contributed by atoms with Gasteiger partial charge in [-0.3, -0.25) is 0 Å². The summed E-state index contributed by atoms with van der Waals surface area (Å²) < 4.78 is 26.6. The van der Waals surface area contributed by atoms with Gasteiger partial charge in [-0.15, -0.1) is 0 Å². The molecule has 5 heteroatoms. The number of hydrogen-bond donors (Lipinski definition) is 1. The van der Waals surface area contributed by atoms with Crippen LogP contribution in [0.5, 0.6) is 0 Å². The fraction of sp³-hybridized carbons (Fsp3) is 0.600. The molecule has 114 valence electrons. The van der Waals surface area contributed by atoms with Gasteiger partial charge in [0, 0.05) is 24.8 Å². The molecule has 0 fully saturated rings. The summed E-state index contributed by atoms with van der Waals surface area (Å²) in [5, 5.41) is 3.24. The molecule has 1 aromatic carbocycles. The van der Waals surface area contributed by atoms with E-state index in [-0.39, 0.29) is 0 Å². The quantitative estimate of drug-likeness (QED) is 0.840. The molecule has 0 aliphatic rings. The second kappa shape index (κ2) is 6.59. The highest BCUT2D eigenvalue weighted by molar-refractivity contribution is 7.89. The van der Waals surface area contributed by atoms with Crippen LogP contribution >= 0.6 is 0 Å². The zero-order valence-electron chi connectivity index (χ0n) is 13.1. The molecule has 0 heterocycles. The third-order valence-electron chi connectivity index (χ3n) is 3.81. The zero-order valence-corrected chi connectivity index (χ0v) is 13.9. The van der Waals surface area contributed by atoms with Gasteiger partial charge in [0.25, 0.3) is 0 Å². The molecule has 1 aromatic rings. The third-order valence-corrected chi connectivity index (χ3v) is 5.89. The highest BCUT2D eigenvalue weighted by Crippen LogP contribution is 2.25. The Balaban J connectivity index is 2.99. The van der Waals surface area contributed by atoms with E-state index in [2.05, 4.69) is 12.2 Å². The van der Waals surface area contributed by atoms with Crippen LogP contribution in [-0.4, -0.2) is 31.9 Å². The van der Waals surface area contributed by atoms with Crippen LogP contribution in [0, 0.1) is 0 Å². The number of benzene rings is 1. The normalized spacial score (nSPS) is 12.7. The molecule has 0 unspecified atom stereocenters. The monoisotopic (exact) mass is 298 g/mol. The van der Waals surface area contributed by atoms with Crippen molar-refractivity contribution in [1.29, 1.82) is 0 Å². The SMILES string of the molecule is CCCNc1ccc(S(=O)(=O)N(C)C(C)(C)CC)cc1. The van der Waals surface area contributed by atoms with Crippen molar-refractivity contribution in [2.24, 2.45) is 0 Å². The number of hydrogen-bond acceptors (Lipinski definition) is 3. The first-order valence-electron chi connectivity index (χ1n) is 7.08. The summed E-state index contributed by atoms with van der Waals surface area (Å²) in [6.07, 6.45) is 1.80. The van der Waals surface area contributed by atoms with E-state index in [9.17, 15) is 8.42 Å². The molecular formula is C15H26N2O2S. The van der Waals surface area contributed by atoms with Crippen molar-refractivity contribution in [3.8, 4) is 0 Å². The Kier molecular flexibility index (Phi) is 5.59.